The molecule has 4 nitrogen and oxygen atoms in total. The van der Waals surface area contributed by atoms with Crippen molar-refractivity contribution in [3.05, 3.63) is 20.8 Å². The van der Waals surface area contributed by atoms with E-state index in [0.29, 0.717) is 12.3 Å². The van der Waals surface area contributed by atoms with E-state index in [2.05, 4.69) is 26.6 Å². The molecule has 0 aromatic carbocycles. The molecule has 1 unspecified atom stereocenters. The first-order valence-corrected chi connectivity index (χ1v) is 7.25. The molecule has 2 amide bonds. The molecule has 1 aromatic heterocycles. The van der Waals surface area contributed by atoms with E-state index >= 15 is 0 Å². The minimum Gasteiger partial charge on any atom is -0.349 e. The Balaban J connectivity index is 1.84. The number of amides is 2. The third kappa shape index (κ3) is 2.78. The third-order valence-corrected chi connectivity index (χ3v) is 4.91. The van der Waals surface area contributed by atoms with Crippen LogP contribution >= 0.6 is 39.0 Å². The standard InChI is InChI=1S/C9H9BrN2O2S2/c10-5-1-2-15-7(5)3-11-8(13)6-4-16-9(14)12-6/h1-2,6H,3-4H2,(H,11,13)(H,12,14). The maximum absolute atomic E-state index is 11.6. The zero-order chi connectivity index (χ0) is 11.5. The van der Waals surface area contributed by atoms with Gasteiger partial charge in [-0.25, -0.2) is 0 Å². The van der Waals surface area contributed by atoms with E-state index in [4.69, 9.17) is 0 Å². The summed E-state index contributed by atoms with van der Waals surface area (Å²) in [6.45, 7) is 0.494. The fraction of sp³-hybridized carbons (Fsp3) is 0.333. The van der Waals surface area contributed by atoms with Gasteiger partial charge in [-0.15, -0.1) is 11.3 Å². The summed E-state index contributed by atoms with van der Waals surface area (Å²) in [5.41, 5.74) is 0. The van der Waals surface area contributed by atoms with Crippen molar-refractivity contribution in [2.24, 2.45) is 0 Å². The van der Waals surface area contributed by atoms with Crippen LogP contribution in [0.3, 0.4) is 0 Å². The van der Waals surface area contributed by atoms with E-state index in [1.165, 1.54) is 0 Å². The molecular formula is C9H9BrN2O2S2. The first-order valence-electron chi connectivity index (χ1n) is 4.59. The van der Waals surface area contributed by atoms with Crippen LogP contribution in [-0.2, 0) is 11.3 Å². The summed E-state index contributed by atoms with van der Waals surface area (Å²) in [4.78, 5) is 23.6. The molecule has 7 heteroatoms. The number of halogens is 1. The smallest absolute Gasteiger partial charge is 0.279 e. The number of thioether (sulfide) groups is 1. The highest BCUT2D eigenvalue weighted by Gasteiger charge is 2.27. The lowest BCUT2D eigenvalue weighted by molar-refractivity contribution is -0.122. The average Bonchev–Trinajstić information content (AvgIpc) is 2.84. The van der Waals surface area contributed by atoms with Crippen LogP contribution in [0.1, 0.15) is 4.88 Å². The van der Waals surface area contributed by atoms with Crippen LogP contribution in [0.15, 0.2) is 15.9 Å². The molecule has 0 saturated carbocycles. The molecule has 0 radical (unpaired) electrons. The van der Waals surface area contributed by atoms with Gasteiger partial charge in [0.15, 0.2) is 0 Å². The normalized spacial score (nSPS) is 19.6. The average molecular weight is 321 g/mol. The summed E-state index contributed by atoms with van der Waals surface area (Å²) >= 11 is 6.12. The van der Waals surface area contributed by atoms with Gasteiger partial charge in [0.2, 0.25) is 5.91 Å². The van der Waals surface area contributed by atoms with Gasteiger partial charge in [-0.3, -0.25) is 9.59 Å². The van der Waals surface area contributed by atoms with Crippen LogP contribution in [0, 0.1) is 0 Å². The Morgan fingerprint density at radius 3 is 3.06 bits per heavy atom. The summed E-state index contributed by atoms with van der Waals surface area (Å²) in [6, 6.07) is 1.55. The third-order valence-electron chi connectivity index (χ3n) is 2.10. The zero-order valence-corrected chi connectivity index (χ0v) is 11.4. The van der Waals surface area contributed by atoms with Gasteiger partial charge < -0.3 is 10.6 Å². The minimum absolute atomic E-state index is 0.126. The van der Waals surface area contributed by atoms with Crippen molar-refractivity contribution in [1.82, 2.24) is 10.6 Å². The molecule has 2 rings (SSSR count). The van der Waals surface area contributed by atoms with Gasteiger partial charge in [0.05, 0.1) is 6.54 Å². The van der Waals surface area contributed by atoms with Crippen molar-refractivity contribution < 1.29 is 9.59 Å². The Bertz CT molecular complexity index is 421. The molecule has 0 bridgehead atoms. The highest BCUT2D eigenvalue weighted by atomic mass is 79.9. The Morgan fingerprint density at radius 1 is 1.69 bits per heavy atom. The number of hydrogen-bond acceptors (Lipinski definition) is 4. The minimum atomic E-state index is -0.392. The number of hydrogen-bond donors (Lipinski definition) is 2. The topological polar surface area (TPSA) is 58.2 Å². The van der Waals surface area contributed by atoms with Crippen molar-refractivity contribution >= 4 is 50.2 Å². The quantitative estimate of drug-likeness (QED) is 0.895. The molecule has 86 valence electrons. The van der Waals surface area contributed by atoms with Crippen molar-refractivity contribution in [1.29, 1.82) is 0 Å². The van der Waals surface area contributed by atoms with Gasteiger partial charge in [-0.05, 0) is 27.4 Å². The predicted octanol–water partition coefficient (Wildman–Crippen LogP) is 1.95. The number of nitrogens with one attached hydrogen (secondary N) is 2. The van der Waals surface area contributed by atoms with Crippen LogP contribution in [0.5, 0.6) is 0 Å². The maximum Gasteiger partial charge on any atom is 0.279 e. The Kier molecular flexibility index (Phi) is 3.88. The summed E-state index contributed by atoms with van der Waals surface area (Å²) in [6.07, 6.45) is 0. The van der Waals surface area contributed by atoms with E-state index in [1.807, 2.05) is 11.4 Å². The monoisotopic (exact) mass is 320 g/mol. The molecule has 0 spiro atoms. The second-order valence-electron chi connectivity index (χ2n) is 3.20. The van der Waals surface area contributed by atoms with E-state index in [1.54, 1.807) is 11.3 Å². The Hall–Kier alpha value is -0.530. The van der Waals surface area contributed by atoms with Gasteiger partial charge in [0.1, 0.15) is 6.04 Å². The van der Waals surface area contributed by atoms with Gasteiger partial charge in [-0.2, -0.15) is 0 Å². The molecular weight excluding hydrogens is 312 g/mol. The van der Waals surface area contributed by atoms with Crippen LogP contribution in [0.4, 0.5) is 4.79 Å². The molecule has 1 aliphatic rings. The Morgan fingerprint density at radius 2 is 2.50 bits per heavy atom. The fourth-order valence-corrected chi connectivity index (χ4v) is 3.48. The van der Waals surface area contributed by atoms with Gasteiger partial charge in [0, 0.05) is 15.1 Å². The molecule has 1 atom stereocenters. The van der Waals surface area contributed by atoms with E-state index < -0.39 is 6.04 Å². The van der Waals surface area contributed by atoms with Gasteiger partial charge in [-0.1, -0.05) is 11.8 Å². The molecule has 1 aliphatic heterocycles. The molecule has 1 saturated heterocycles. The first-order chi connectivity index (χ1) is 7.66. The lowest BCUT2D eigenvalue weighted by atomic mass is 10.3. The van der Waals surface area contributed by atoms with Crippen LogP contribution in [0.2, 0.25) is 0 Å². The highest BCUT2D eigenvalue weighted by Crippen LogP contribution is 2.22. The molecule has 1 fully saturated rings. The summed E-state index contributed by atoms with van der Waals surface area (Å²) in [5.74, 6) is 0.384. The number of carbonyl (C=O) groups is 2. The van der Waals surface area contributed by atoms with E-state index in [-0.39, 0.29) is 11.1 Å². The van der Waals surface area contributed by atoms with Crippen LogP contribution in [0.25, 0.3) is 0 Å². The maximum atomic E-state index is 11.6. The highest BCUT2D eigenvalue weighted by molar-refractivity contribution is 9.10. The summed E-state index contributed by atoms with van der Waals surface area (Å²) in [5, 5.41) is 7.23. The van der Waals surface area contributed by atoms with Crippen molar-refractivity contribution in [3.63, 3.8) is 0 Å². The van der Waals surface area contributed by atoms with Gasteiger partial charge in [0.25, 0.3) is 5.24 Å². The van der Waals surface area contributed by atoms with E-state index in [9.17, 15) is 9.59 Å². The van der Waals surface area contributed by atoms with Crippen molar-refractivity contribution in [3.8, 4) is 0 Å². The van der Waals surface area contributed by atoms with E-state index in [0.717, 1.165) is 21.1 Å². The van der Waals surface area contributed by atoms with Crippen LogP contribution in [-0.4, -0.2) is 22.9 Å². The van der Waals surface area contributed by atoms with Crippen molar-refractivity contribution in [2.45, 2.75) is 12.6 Å². The molecule has 1 aromatic rings. The SMILES string of the molecule is O=C1NC(C(=O)NCc2sccc2Br)CS1. The lowest BCUT2D eigenvalue weighted by Gasteiger charge is -2.09. The number of thiophene rings is 1. The zero-order valence-electron chi connectivity index (χ0n) is 8.16. The summed E-state index contributed by atoms with van der Waals surface area (Å²) < 4.78 is 1.00. The molecule has 0 aliphatic carbocycles. The summed E-state index contributed by atoms with van der Waals surface area (Å²) in [7, 11) is 0. The number of rotatable bonds is 3. The molecule has 2 heterocycles. The van der Waals surface area contributed by atoms with Crippen LogP contribution < -0.4 is 10.6 Å². The second kappa shape index (κ2) is 5.20. The van der Waals surface area contributed by atoms with Crippen molar-refractivity contribution in [2.75, 3.05) is 5.75 Å². The van der Waals surface area contributed by atoms with Gasteiger partial charge >= 0.3 is 0 Å². The fourth-order valence-electron chi connectivity index (χ4n) is 1.27. The number of carbonyl (C=O) groups excluding carboxylic acids is 2. The molecule has 2 N–H and O–H groups in total. The Labute approximate surface area is 109 Å². The lowest BCUT2D eigenvalue weighted by Crippen LogP contribution is -2.42. The predicted molar refractivity (Wildman–Crippen MR) is 68.6 cm³/mol. The largest absolute Gasteiger partial charge is 0.349 e. The molecule has 16 heavy (non-hydrogen) atoms. The first kappa shape index (κ1) is 11.9. The second-order valence-corrected chi connectivity index (χ2v) is 6.05.